The third-order valence-corrected chi connectivity index (χ3v) is 6.47. The number of imide groups is 1. The first-order valence-corrected chi connectivity index (χ1v) is 11.7. The summed E-state index contributed by atoms with van der Waals surface area (Å²) in [6, 6.07) is 12.7. The minimum absolute atomic E-state index is 0.0781. The third kappa shape index (κ3) is 4.83. The van der Waals surface area contributed by atoms with Crippen molar-refractivity contribution in [1.29, 1.82) is 0 Å². The Kier molecular flexibility index (Phi) is 6.49. The van der Waals surface area contributed by atoms with Gasteiger partial charge in [0.15, 0.2) is 0 Å². The van der Waals surface area contributed by atoms with E-state index in [1.807, 2.05) is 0 Å². The minimum Gasteiger partial charge on any atom is -0.465 e. The molecule has 13 heteroatoms. The van der Waals surface area contributed by atoms with E-state index >= 15 is 0 Å². The van der Waals surface area contributed by atoms with Gasteiger partial charge in [-0.25, -0.2) is 32.8 Å². The number of sulfonamides is 1. The van der Waals surface area contributed by atoms with Crippen LogP contribution in [0.1, 0.15) is 10.4 Å². The zero-order valence-electron chi connectivity index (χ0n) is 17.9. The fourth-order valence-corrected chi connectivity index (χ4v) is 4.30. The Morgan fingerprint density at radius 2 is 1.69 bits per heavy atom. The molecule has 0 unspecified atom stereocenters. The van der Waals surface area contributed by atoms with Gasteiger partial charge in [0, 0.05) is 18.1 Å². The fraction of sp³-hybridized carbons (Fsp3) is 0.0455. The second kappa shape index (κ2) is 9.52. The maximum Gasteiger partial charge on any atom is 0.337 e. The lowest BCUT2D eigenvalue weighted by atomic mass is 10.2. The smallest absolute Gasteiger partial charge is 0.337 e. The molecule has 2 heterocycles. The van der Waals surface area contributed by atoms with Crippen LogP contribution in [0.5, 0.6) is 0 Å². The Morgan fingerprint density at radius 1 is 1.00 bits per heavy atom. The van der Waals surface area contributed by atoms with Crippen molar-refractivity contribution < 1.29 is 27.5 Å². The lowest BCUT2D eigenvalue weighted by Gasteiger charge is -2.16. The molecule has 0 fully saturated rings. The number of ether oxygens (including phenoxy) is 1. The van der Waals surface area contributed by atoms with Gasteiger partial charge < -0.3 is 10.1 Å². The fourth-order valence-electron chi connectivity index (χ4n) is 3.13. The molecule has 1 aliphatic heterocycles. The second-order valence-electron chi connectivity index (χ2n) is 7.00. The highest BCUT2D eigenvalue weighted by Crippen LogP contribution is 2.31. The molecule has 35 heavy (non-hydrogen) atoms. The number of hydrogen-bond donors (Lipinski definition) is 2. The van der Waals surface area contributed by atoms with Crippen molar-refractivity contribution >= 4 is 56.7 Å². The van der Waals surface area contributed by atoms with Gasteiger partial charge in [0.25, 0.3) is 21.8 Å². The quantitative estimate of drug-likeness (QED) is 0.359. The first kappa shape index (κ1) is 23.9. The number of carbonyl (C=O) groups excluding carboxylic acids is 3. The van der Waals surface area contributed by atoms with Crippen molar-refractivity contribution in [2.45, 2.75) is 4.90 Å². The van der Waals surface area contributed by atoms with Crippen molar-refractivity contribution in [2.75, 3.05) is 22.0 Å². The van der Waals surface area contributed by atoms with Gasteiger partial charge >= 0.3 is 5.97 Å². The van der Waals surface area contributed by atoms with E-state index in [0.717, 1.165) is 4.90 Å². The van der Waals surface area contributed by atoms with Crippen molar-refractivity contribution in [3.05, 3.63) is 83.3 Å². The molecule has 178 valence electrons. The molecule has 0 bridgehead atoms. The highest BCUT2D eigenvalue weighted by atomic mass is 35.5. The average Bonchev–Trinajstić information content (AvgIpc) is 3.07. The molecule has 0 aliphatic carbocycles. The van der Waals surface area contributed by atoms with Gasteiger partial charge in [0.2, 0.25) is 5.95 Å². The van der Waals surface area contributed by atoms with Crippen LogP contribution < -0.4 is 14.9 Å². The van der Waals surface area contributed by atoms with Gasteiger partial charge in [0.05, 0.1) is 23.3 Å². The topological polar surface area (TPSA) is 148 Å². The lowest BCUT2D eigenvalue weighted by molar-refractivity contribution is -0.120. The van der Waals surface area contributed by atoms with E-state index in [2.05, 4.69) is 24.7 Å². The van der Waals surface area contributed by atoms with E-state index in [1.54, 1.807) is 6.07 Å². The van der Waals surface area contributed by atoms with E-state index in [1.165, 1.54) is 68.0 Å². The summed E-state index contributed by atoms with van der Waals surface area (Å²) in [4.78, 5) is 45.8. The summed E-state index contributed by atoms with van der Waals surface area (Å²) in [6.45, 7) is 0. The van der Waals surface area contributed by atoms with Crippen LogP contribution in [0.2, 0.25) is 0 Å². The minimum atomic E-state index is -3.95. The first-order chi connectivity index (χ1) is 16.7. The number of aromatic nitrogens is 2. The Labute approximate surface area is 204 Å². The molecular weight excluding hydrogens is 498 g/mol. The highest BCUT2D eigenvalue weighted by Gasteiger charge is 2.39. The monoisotopic (exact) mass is 513 g/mol. The number of amides is 2. The molecular formula is C22H16ClN5O6S. The van der Waals surface area contributed by atoms with E-state index < -0.39 is 27.8 Å². The molecule has 3 aromatic rings. The first-order valence-electron chi connectivity index (χ1n) is 9.85. The summed E-state index contributed by atoms with van der Waals surface area (Å²) in [7, 11) is -2.74. The van der Waals surface area contributed by atoms with Crippen LogP contribution in [0.4, 0.5) is 17.3 Å². The molecule has 1 aliphatic rings. The van der Waals surface area contributed by atoms with Crippen LogP contribution in [0.25, 0.3) is 0 Å². The molecule has 0 saturated heterocycles. The summed E-state index contributed by atoms with van der Waals surface area (Å²) >= 11 is 6.14. The summed E-state index contributed by atoms with van der Waals surface area (Å²) in [5.74, 6) is -2.25. The van der Waals surface area contributed by atoms with Crippen molar-refractivity contribution in [2.24, 2.45) is 0 Å². The van der Waals surface area contributed by atoms with Crippen molar-refractivity contribution in [3.63, 3.8) is 0 Å². The number of rotatable bonds is 7. The molecule has 0 saturated carbocycles. The van der Waals surface area contributed by atoms with Gasteiger partial charge in [0.1, 0.15) is 10.7 Å². The standard InChI is InChI=1S/C22H16ClN5O6S/c1-34-21(31)13-4-2-5-15(12-13)28-19(29)17(23)18(20(28)30)26-14-6-8-16(9-7-14)35(32,33)27-22-24-10-3-11-25-22/h2-12,26H,1H3,(H,24,25,27). The highest BCUT2D eigenvalue weighted by molar-refractivity contribution is 7.92. The van der Waals surface area contributed by atoms with Gasteiger partial charge in [-0.15, -0.1) is 0 Å². The second-order valence-corrected chi connectivity index (χ2v) is 9.06. The van der Waals surface area contributed by atoms with Gasteiger partial charge in [-0.1, -0.05) is 17.7 Å². The molecule has 4 rings (SSSR count). The Balaban J connectivity index is 1.53. The SMILES string of the molecule is COC(=O)c1cccc(N2C(=O)C(Cl)=C(Nc3ccc(S(=O)(=O)Nc4ncccn4)cc3)C2=O)c1. The maximum atomic E-state index is 13.0. The van der Waals surface area contributed by atoms with Gasteiger partial charge in [-0.05, 0) is 48.5 Å². The van der Waals surface area contributed by atoms with Crippen LogP contribution in [0.15, 0.2) is 82.6 Å². The summed E-state index contributed by atoms with van der Waals surface area (Å²) in [6.07, 6.45) is 2.79. The zero-order valence-corrected chi connectivity index (χ0v) is 19.5. The number of hydrogen-bond acceptors (Lipinski definition) is 9. The van der Waals surface area contributed by atoms with E-state index in [0.29, 0.717) is 5.69 Å². The number of benzene rings is 2. The van der Waals surface area contributed by atoms with Crippen molar-refractivity contribution in [3.8, 4) is 0 Å². The number of anilines is 3. The molecule has 2 amide bonds. The maximum absolute atomic E-state index is 13.0. The number of halogens is 1. The molecule has 0 atom stereocenters. The van der Waals surface area contributed by atoms with Crippen LogP contribution in [-0.2, 0) is 24.3 Å². The Hall–Kier alpha value is -4.29. The molecule has 11 nitrogen and oxygen atoms in total. The molecule has 0 spiro atoms. The van der Waals surface area contributed by atoms with Crippen LogP contribution in [0.3, 0.4) is 0 Å². The predicted octanol–water partition coefficient (Wildman–Crippen LogP) is 2.50. The van der Waals surface area contributed by atoms with Crippen molar-refractivity contribution in [1.82, 2.24) is 9.97 Å². The van der Waals surface area contributed by atoms with E-state index in [-0.39, 0.29) is 32.8 Å². The number of carbonyl (C=O) groups is 3. The Morgan fingerprint density at radius 3 is 2.34 bits per heavy atom. The number of nitrogens with zero attached hydrogens (tertiary/aromatic N) is 3. The van der Waals surface area contributed by atoms with Gasteiger partial charge in [-0.2, -0.15) is 0 Å². The molecule has 2 aromatic carbocycles. The van der Waals surface area contributed by atoms with E-state index in [4.69, 9.17) is 11.6 Å². The molecule has 0 radical (unpaired) electrons. The number of methoxy groups -OCH3 is 1. The number of esters is 1. The van der Waals surface area contributed by atoms with Gasteiger partial charge in [-0.3, -0.25) is 9.59 Å². The van der Waals surface area contributed by atoms with Crippen LogP contribution >= 0.6 is 11.6 Å². The van der Waals surface area contributed by atoms with Crippen LogP contribution in [0, 0.1) is 0 Å². The lowest BCUT2D eigenvalue weighted by Crippen LogP contribution is -2.32. The molecule has 2 N–H and O–H groups in total. The largest absolute Gasteiger partial charge is 0.465 e. The predicted molar refractivity (Wildman–Crippen MR) is 126 cm³/mol. The third-order valence-electron chi connectivity index (χ3n) is 4.78. The van der Waals surface area contributed by atoms with E-state index in [9.17, 15) is 22.8 Å². The Bertz CT molecular complexity index is 1460. The normalized spacial score (nSPS) is 13.7. The van der Waals surface area contributed by atoms with Crippen LogP contribution in [-0.4, -0.2) is 43.3 Å². The number of nitrogens with one attached hydrogen (secondary N) is 2. The summed E-state index contributed by atoms with van der Waals surface area (Å²) in [5, 5.41) is 2.39. The molecule has 1 aromatic heterocycles. The zero-order chi connectivity index (χ0) is 25.2. The average molecular weight is 514 g/mol. The summed E-state index contributed by atoms with van der Waals surface area (Å²) in [5.41, 5.74) is 0.383. The summed E-state index contributed by atoms with van der Waals surface area (Å²) < 4.78 is 32.0.